The van der Waals surface area contributed by atoms with Gasteiger partial charge in [0, 0.05) is 32.2 Å². The molecule has 8 nitrogen and oxygen atoms in total. The molecule has 0 aliphatic rings. The maximum Gasteiger partial charge on any atom is 0.303 e. The van der Waals surface area contributed by atoms with E-state index in [2.05, 4.69) is 10.0 Å². The fourth-order valence-corrected chi connectivity index (χ4v) is 2.70. The van der Waals surface area contributed by atoms with E-state index in [9.17, 15) is 18.0 Å². The van der Waals surface area contributed by atoms with Gasteiger partial charge in [0.1, 0.15) is 0 Å². The first-order chi connectivity index (χ1) is 10.9. The van der Waals surface area contributed by atoms with Crippen LogP contribution in [0.1, 0.15) is 23.2 Å². The van der Waals surface area contributed by atoms with Gasteiger partial charge < -0.3 is 15.2 Å². The van der Waals surface area contributed by atoms with E-state index in [1.807, 2.05) is 0 Å². The molecule has 1 amide bonds. The SMILES string of the molecule is COCCNS(=O)(=O)c1ccc(C(=O)NCCCC(=O)O)cc1. The molecule has 0 bridgehead atoms. The normalized spacial score (nSPS) is 11.2. The van der Waals surface area contributed by atoms with Gasteiger partial charge in [0.05, 0.1) is 11.5 Å². The molecule has 0 fully saturated rings. The minimum absolute atomic E-state index is 0.0232. The number of rotatable bonds is 10. The highest BCUT2D eigenvalue weighted by molar-refractivity contribution is 7.89. The van der Waals surface area contributed by atoms with E-state index in [1.165, 1.54) is 31.4 Å². The summed E-state index contributed by atoms with van der Waals surface area (Å²) >= 11 is 0. The van der Waals surface area contributed by atoms with E-state index < -0.39 is 16.0 Å². The lowest BCUT2D eigenvalue weighted by atomic mass is 10.2. The average molecular weight is 344 g/mol. The van der Waals surface area contributed by atoms with E-state index in [0.29, 0.717) is 12.0 Å². The molecule has 23 heavy (non-hydrogen) atoms. The fourth-order valence-electron chi connectivity index (χ4n) is 1.69. The van der Waals surface area contributed by atoms with Crippen molar-refractivity contribution in [2.24, 2.45) is 0 Å². The highest BCUT2D eigenvalue weighted by atomic mass is 32.2. The molecule has 0 aliphatic heterocycles. The topological polar surface area (TPSA) is 122 Å². The molecule has 0 atom stereocenters. The Hall–Kier alpha value is -1.97. The summed E-state index contributed by atoms with van der Waals surface area (Å²) < 4.78 is 31.0. The van der Waals surface area contributed by atoms with Gasteiger partial charge in [0.25, 0.3) is 5.91 Å². The lowest BCUT2D eigenvalue weighted by Crippen LogP contribution is -2.27. The van der Waals surface area contributed by atoms with Crippen molar-refractivity contribution >= 4 is 21.9 Å². The standard InChI is InChI=1S/C14H20N2O6S/c1-22-10-9-16-23(20,21)12-6-4-11(5-7-12)14(19)15-8-2-3-13(17)18/h4-7,16H,2-3,8-10H2,1H3,(H,15,19)(H,17,18). The Morgan fingerprint density at radius 2 is 1.83 bits per heavy atom. The lowest BCUT2D eigenvalue weighted by molar-refractivity contribution is -0.137. The van der Waals surface area contributed by atoms with Crippen LogP contribution in [-0.2, 0) is 19.6 Å². The highest BCUT2D eigenvalue weighted by Gasteiger charge is 2.14. The summed E-state index contributed by atoms with van der Waals surface area (Å²) in [6, 6.07) is 5.47. The Labute approximate surface area is 134 Å². The molecular formula is C14H20N2O6S. The fraction of sp³-hybridized carbons (Fsp3) is 0.429. The van der Waals surface area contributed by atoms with Crippen LogP contribution in [0.2, 0.25) is 0 Å². The Morgan fingerprint density at radius 3 is 2.39 bits per heavy atom. The van der Waals surface area contributed by atoms with Crippen molar-refractivity contribution in [1.29, 1.82) is 0 Å². The number of carbonyl (C=O) groups is 2. The quantitative estimate of drug-likeness (QED) is 0.522. The summed E-state index contributed by atoms with van der Waals surface area (Å²) in [6.07, 6.45) is 0.307. The van der Waals surface area contributed by atoms with Crippen LogP contribution in [0, 0.1) is 0 Å². The molecule has 0 radical (unpaired) electrons. The molecule has 0 saturated carbocycles. The van der Waals surface area contributed by atoms with Crippen molar-refractivity contribution in [1.82, 2.24) is 10.0 Å². The van der Waals surface area contributed by atoms with Gasteiger partial charge in [0.15, 0.2) is 0 Å². The highest BCUT2D eigenvalue weighted by Crippen LogP contribution is 2.10. The Morgan fingerprint density at radius 1 is 1.17 bits per heavy atom. The van der Waals surface area contributed by atoms with Crippen molar-refractivity contribution in [2.45, 2.75) is 17.7 Å². The second kappa shape index (κ2) is 9.23. The van der Waals surface area contributed by atoms with Crippen LogP contribution < -0.4 is 10.0 Å². The van der Waals surface area contributed by atoms with Crippen LogP contribution in [0.25, 0.3) is 0 Å². The van der Waals surface area contributed by atoms with E-state index in [-0.39, 0.29) is 36.9 Å². The zero-order chi connectivity index (χ0) is 17.3. The average Bonchev–Trinajstić information content (AvgIpc) is 2.51. The second-order valence-electron chi connectivity index (χ2n) is 4.67. The predicted molar refractivity (Wildman–Crippen MR) is 82.7 cm³/mol. The minimum Gasteiger partial charge on any atom is -0.481 e. The number of hydrogen-bond acceptors (Lipinski definition) is 5. The van der Waals surface area contributed by atoms with Gasteiger partial charge in [-0.25, -0.2) is 13.1 Å². The summed E-state index contributed by atoms with van der Waals surface area (Å²) in [5.41, 5.74) is 0.302. The number of methoxy groups -OCH3 is 1. The predicted octanol–water partition coefficient (Wildman–Crippen LogP) is 0.206. The third-order valence-electron chi connectivity index (χ3n) is 2.88. The van der Waals surface area contributed by atoms with Crippen molar-refractivity contribution in [2.75, 3.05) is 26.8 Å². The van der Waals surface area contributed by atoms with E-state index >= 15 is 0 Å². The van der Waals surface area contributed by atoms with E-state index in [1.54, 1.807) is 0 Å². The van der Waals surface area contributed by atoms with Gasteiger partial charge in [-0.2, -0.15) is 0 Å². The monoisotopic (exact) mass is 344 g/mol. The molecule has 0 unspecified atom stereocenters. The van der Waals surface area contributed by atoms with Gasteiger partial charge in [-0.1, -0.05) is 0 Å². The first-order valence-corrected chi connectivity index (χ1v) is 8.44. The van der Waals surface area contributed by atoms with Crippen molar-refractivity contribution in [3.05, 3.63) is 29.8 Å². The number of sulfonamides is 1. The molecule has 1 rings (SSSR count). The Balaban J connectivity index is 2.58. The van der Waals surface area contributed by atoms with Crippen LogP contribution in [0.3, 0.4) is 0 Å². The molecule has 0 aliphatic carbocycles. The zero-order valence-corrected chi connectivity index (χ0v) is 13.6. The molecule has 1 aromatic rings. The number of carbonyl (C=O) groups excluding carboxylic acids is 1. The number of amides is 1. The third-order valence-corrected chi connectivity index (χ3v) is 4.35. The van der Waals surface area contributed by atoms with Crippen LogP contribution in [-0.4, -0.2) is 52.2 Å². The molecule has 0 spiro atoms. The maximum atomic E-state index is 11.9. The van der Waals surface area contributed by atoms with Crippen LogP contribution >= 0.6 is 0 Å². The summed E-state index contributed by atoms with van der Waals surface area (Å²) in [5, 5.41) is 11.1. The van der Waals surface area contributed by atoms with E-state index in [4.69, 9.17) is 9.84 Å². The second-order valence-corrected chi connectivity index (χ2v) is 6.44. The van der Waals surface area contributed by atoms with Gasteiger partial charge in [0.2, 0.25) is 10.0 Å². The zero-order valence-electron chi connectivity index (χ0n) is 12.7. The number of hydrogen-bond donors (Lipinski definition) is 3. The van der Waals surface area contributed by atoms with Gasteiger partial charge in [-0.15, -0.1) is 0 Å². The smallest absolute Gasteiger partial charge is 0.303 e. The maximum absolute atomic E-state index is 11.9. The number of carboxylic acids is 1. The number of aliphatic carboxylic acids is 1. The minimum atomic E-state index is -3.63. The summed E-state index contributed by atoms with van der Waals surface area (Å²) in [7, 11) is -2.16. The summed E-state index contributed by atoms with van der Waals surface area (Å²) in [6.45, 7) is 0.657. The summed E-state index contributed by atoms with van der Waals surface area (Å²) in [5.74, 6) is -1.30. The molecule has 0 heterocycles. The Kier molecular flexibility index (Phi) is 7.66. The molecule has 0 aromatic heterocycles. The molecule has 0 saturated heterocycles. The third kappa shape index (κ3) is 6.76. The lowest BCUT2D eigenvalue weighted by Gasteiger charge is -2.08. The molecule has 128 valence electrons. The Bertz CT molecular complexity index is 627. The molecule has 1 aromatic carbocycles. The molecular weight excluding hydrogens is 324 g/mol. The number of benzene rings is 1. The van der Waals surface area contributed by atoms with Crippen LogP contribution in [0.15, 0.2) is 29.2 Å². The van der Waals surface area contributed by atoms with Crippen molar-refractivity contribution in [3.63, 3.8) is 0 Å². The summed E-state index contributed by atoms with van der Waals surface area (Å²) in [4.78, 5) is 22.2. The van der Waals surface area contributed by atoms with E-state index in [0.717, 1.165) is 0 Å². The number of carboxylic acid groups (broad SMARTS) is 1. The van der Waals surface area contributed by atoms with Crippen molar-refractivity contribution < 1.29 is 27.9 Å². The largest absolute Gasteiger partial charge is 0.481 e. The number of ether oxygens (including phenoxy) is 1. The molecule has 3 N–H and O–H groups in total. The van der Waals surface area contributed by atoms with Crippen LogP contribution in [0.5, 0.6) is 0 Å². The van der Waals surface area contributed by atoms with Crippen molar-refractivity contribution in [3.8, 4) is 0 Å². The first kappa shape index (κ1) is 19.1. The van der Waals surface area contributed by atoms with Gasteiger partial charge >= 0.3 is 5.97 Å². The first-order valence-electron chi connectivity index (χ1n) is 6.95. The van der Waals surface area contributed by atoms with Crippen LogP contribution in [0.4, 0.5) is 0 Å². The van der Waals surface area contributed by atoms with Gasteiger partial charge in [-0.05, 0) is 30.7 Å². The molecule has 9 heteroatoms. The van der Waals surface area contributed by atoms with Gasteiger partial charge in [-0.3, -0.25) is 9.59 Å². The number of nitrogens with one attached hydrogen (secondary N) is 2.